The van der Waals surface area contributed by atoms with Crippen LogP contribution < -0.4 is 5.32 Å². The van der Waals surface area contributed by atoms with E-state index in [1.807, 2.05) is 13.0 Å². The number of carbonyl (C=O) groups is 1. The van der Waals surface area contributed by atoms with Gasteiger partial charge in [0, 0.05) is 37.7 Å². The number of amides is 1. The van der Waals surface area contributed by atoms with Gasteiger partial charge in [0.1, 0.15) is 5.82 Å². The van der Waals surface area contributed by atoms with Crippen LogP contribution in [0.4, 0.5) is 5.69 Å². The summed E-state index contributed by atoms with van der Waals surface area (Å²) < 4.78 is 2.32. The Balaban J connectivity index is 1.25. The standard InChI is InChI=1S/C29H38N4O2/c1-5-28(35)30-23-8-7-21-13-20(14-22(21)15-23)16-32-11-10-26(27(34)17-32)33-25-9-6-19(4)12-24(25)31-29(33)18(2)3/h6-9,12,15,18,20,26-27,34H,5,10-11,13-14,16-17H2,1-4H3,(H,30,35)/t20?,26-,27-/m1/s1. The summed E-state index contributed by atoms with van der Waals surface area (Å²) in [5.74, 6) is 1.98. The van der Waals surface area contributed by atoms with Gasteiger partial charge in [-0.15, -0.1) is 0 Å². The first-order valence-corrected chi connectivity index (χ1v) is 13.1. The van der Waals surface area contributed by atoms with Gasteiger partial charge >= 0.3 is 0 Å². The molecule has 3 aromatic rings. The van der Waals surface area contributed by atoms with E-state index in [4.69, 9.17) is 4.98 Å². The number of anilines is 1. The van der Waals surface area contributed by atoms with Gasteiger partial charge in [-0.25, -0.2) is 4.98 Å². The van der Waals surface area contributed by atoms with Crippen molar-refractivity contribution in [3.05, 3.63) is 58.9 Å². The van der Waals surface area contributed by atoms with E-state index in [9.17, 15) is 9.90 Å². The van der Waals surface area contributed by atoms with E-state index in [2.05, 4.69) is 65.9 Å². The number of rotatable bonds is 6. The van der Waals surface area contributed by atoms with Gasteiger partial charge in [0.25, 0.3) is 0 Å². The Morgan fingerprint density at radius 3 is 2.71 bits per heavy atom. The molecule has 2 heterocycles. The van der Waals surface area contributed by atoms with E-state index in [1.54, 1.807) is 0 Å². The molecule has 186 valence electrons. The smallest absolute Gasteiger partial charge is 0.224 e. The molecule has 6 heteroatoms. The summed E-state index contributed by atoms with van der Waals surface area (Å²) in [5.41, 5.74) is 7.01. The normalized spacial score (nSPS) is 22.6. The van der Waals surface area contributed by atoms with E-state index >= 15 is 0 Å². The number of aromatic nitrogens is 2. The lowest BCUT2D eigenvalue weighted by molar-refractivity contribution is -0.115. The predicted molar refractivity (Wildman–Crippen MR) is 141 cm³/mol. The number of nitrogens with one attached hydrogen (secondary N) is 1. The highest BCUT2D eigenvalue weighted by Gasteiger charge is 2.34. The number of fused-ring (bicyclic) bond motifs is 2. The highest BCUT2D eigenvalue weighted by molar-refractivity contribution is 5.90. The second kappa shape index (κ2) is 9.75. The number of benzene rings is 2. The first-order chi connectivity index (χ1) is 16.8. The number of hydrogen-bond acceptors (Lipinski definition) is 4. The van der Waals surface area contributed by atoms with Crippen molar-refractivity contribution in [2.24, 2.45) is 5.92 Å². The lowest BCUT2D eigenvalue weighted by Crippen LogP contribution is -2.46. The van der Waals surface area contributed by atoms with Gasteiger partial charge in [-0.3, -0.25) is 4.79 Å². The molecule has 2 aromatic carbocycles. The molecule has 1 amide bonds. The van der Waals surface area contributed by atoms with Gasteiger partial charge in [-0.1, -0.05) is 32.9 Å². The zero-order valence-corrected chi connectivity index (χ0v) is 21.4. The molecular weight excluding hydrogens is 436 g/mol. The average Bonchev–Trinajstić information content (AvgIpc) is 3.39. The molecule has 0 radical (unpaired) electrons. The number of piperidine rings is 1. The molecule has 1 unspecified atom stereocenters. The van der Waals surface area contributed by atoms with E-state index in [1.165, 1.54) is 16.7 Å². The molecule has 0 spiro atoms. The maximum atomic E-state index is 11.7. The third-order valence-electron chi connectivity index (χ3n) is 7.70. The Morgan fingerprint density at radius 2 is 1.97 bits per heavy atom. The monoisotopic (exact) mass is 474 g/mol. The Morgan fingerprint density at radius 1 is 1.17 bits per heavy atom. The van der Waals surface area contributed by atoms with Crippen LogP contribution >= 0.6 is 0 Å². The maximum absolute atomic E-state index is 11.7. The van der Waals surface area contributed by atoms with Crippen molar-refractivity contribution in [1.29, 1.82) is 0 Å². The molecule has 2 aliphatic rings. The summed E-state index contributed by atoms with van der Waals surface area (Å²) in [6.07, 6.45) is 3.10. The topological polar surface area (TPSA) is 70.4 Å². The minimum absolute atomic E-state index is 0.0535. The molecule has 35 heavy (non-hydrogen) atoms. The van der Waals surface area contributed by atoms with Crippen molar-refractivity contribution in [1.82, 2.24) is 14.5 Å². The maximum Gasteiger partial charge on any atom is 0.224 e. The quantitative estimate of drug-likeness (QED) is 0.536. The Labute approximate surface area is 208 Å². The molecular formula is C29H38N4O2. The summed E-state index contributed by atoms with van der Waals surface area (Å²) >= 11 is 0. The Hall–Kier alpha value is -2.70. The lowest BCUT2D eigenvalue weighted by atomic mass is 9.98. The number of aryl methyl sites for hydroxylation is 1. The van der Waals surface area contributed by atoms with Gasteiger partial charge in [-0.05, 0) is 73.1 Å². The van der Waals surface area contributed by atoms with E-state index in [0.717, 1.165) is 54.9 Å². The highest BCUT2D eigenvalue weighted by Crippen LogP contribution is 2.34. The third kappa shape index (κ3) is 4.87. The predicted octanol–water partition coefficient (Wildman–Crippen LogP) is 4.84. The largest absolute Gasteiger partial charge is 0.390 e. The van der Waals surface area contributed by atoms with Crippen molar-refractivity contribution in [2.75, 3.05) is 25.0 Å². The molecule has 2 N–H and O–H groups in total. The van der Waals surface area contributed by atoms with Gasteiger partial charge in [-0.2, -0.15) is 0 Å². The zero-order valence-electron chi connectivity index (χ0n) is 21.4. The van der Waals surface area contributed by atoms with Crippen LogP contribution in [0.15, 0.2) is 36.4 Å². The molecule has 1 fully saturated rings. The molecule has 1 aliphatic heterocycles. The van der Waals surface area contributed by atoms with Crippen molar-refractivity contribution in [3.63, 3.8) is 0 Å². The SMILES string of the molecule is CCC(=O)Nc1ccc2c(c1)CC(CN1CC[C@@H](n3c(C(C)C)nc4cc(C)ccc43)[C@H](O)C1)C2. The molecule has 1 aromatic heterocycles. The molecule has 0 saturated carbocycles. The Bertz CT molecular complexity index is 1230. The number of aliphatic hydroxyl groups excluding tert-OH is 1. The first kappa shape index (κ1) is 24.0. The minimum atomic E-state index is -0.417. The van der Waals surface area contributed by atoms with Crippen molar-refractivity contribution in [3.8, 4) is 0 Å². The Kier molecular flexibility index (Phi) is 6.69. The minimum Gasteiger partial charge on any atom is -0.390 e. The van der Waals surface area contributed by atoms with Crippen molar-refractivity contribution in [2.45, 2.75) is 71.4 Å². The van der Waals surface area contributed by atoms with Crippen molar-refractivity contribution >= 4 is 22.6 Å². The van der Waals surface area contributed by atoms with E-state index in [0.29, 0.717) is 24.8 Å². The zero-order chi connectivity index (χ0) is 24.7. The number of imidazole rings is 1. The second-order valence-electron chi connectivity index (χ2n) is 10.8. The summed E-state index contributed by atoms with van der Waals surface area (Å²) in [5, 5.41) is 14.3. The fourth-order valence-electron chi connectivity index (χ4n) is 5.97. The lowest BCUT2D eigenvalue weighted by Gasteiger charge is -2.38. The fraction of sp³-hybridized carbons (Fsp3) is 0.517. The number of β-amino-alcohol motifs (C(OH)–C–C–N with tert-alkyl or cyclic N) is 1. The number of aliphatic hydroxyl groups is 1. The van der Waals surface area contributed by atoms with Crippen LogP contribution in [-0.2, 0) is 17.6 Å². The summed E-state index contributed by atoms with van der Waals surface area (Å²) in [7, 11) is 0. The van der Waals surface area contributed by atoms with E-state index < -0.39 is 6.10 Å². The number of likely N-dealkylation sites (tertiary alicyclic amines) is 1. The molecule has 1 aliphatic carbocycles. The molecule has 5 rings (SSSR count). The second-order valence-corrected chi connectivity index (χ2v) is 10.8. The van der Waals surface area contributed by atoms with Crippen LogP contribution in [0.25, 0.3) is 11.0 Å². The van der Waals surface area contributed by atoms with Gasteiger partial charge in [0.15, 0.2) is 0 Å². The fourth-order valence-corrected chi connectivity index (χ4v) is 5.97. The van der Waals surface area contributed by atoms with Crippen LogP contribution in [0.3, 0.4) is 0 Å². The first-order valence-electron chi connectivity index (χ1n) is 13.1. The van der Waals surface area contributed by atoms with Crippen LogP contribution in [-0.4, -0.2) is 51.2 Å². The van der Waals surface area contributed by atoms with E-state index in [-0.39, 0.29) is 11.9 Å². The molecule has 3 atom stereocenters. The molecule has 6 nitrogen and oxygen atoms in total. The summed E-state index contributed by atoms with van der Waals surface area (Å²) in [6, 6.07) is 12.8. The highest BCUT2D eigenvalue weighted by atomic mass is 16.3. The van der Waals surface area contributed by atoms with Gasteiger partial charge < -0.3 is 19.9 Å². The number of nitrogens with zero attached hydrogens (tertiary/aromatic N) is 3. The van der Waals surface area contributed by atoms with Gasteiger partial charge in [0.2, 0.25) is 5.91 Å². The summed E-state index contributed by atoms with van der Waals surface area (Å²) in [6.45, 7) is 11.0. The van der Waals surface area contributed by atoms with Crippen molar-refractivity contribution < 1.29 is 9.90 Å². The average molecular weight is 475 g/mol. The number of carbonyl (C=O) groups excluding carboxylic acids is 1. The van der Waals surface area contributed by atoms with Crippen LogP contribution in [0.5, 0.6) is 0 Å². The van der Waals surface area contributed by atoms with Crippen LogP contribution in [0.1, 0.15) is 68.1 Å². The van der Waals surface area contributed by atoms with Crippen LogP contribution in [0, 0.1) is 12.8 Å². The summed E-state index contributed by atoms with van der Waals surface area (Å²) in [4.78, 5) is 19.1. The molecule has 0 bridgehead atoms. The van der Waals surface area contributed by atoms with Gasteiger partial charge in [0.05, 0.1) is 23.2 Å². The molecule has 1 saturated heterocycles. The third-order valence-corrected chi connectivity index (χ3v) is 7.70. The number of hydrogen-bond donors (Lipinski definition) is 2. The van der Waals surface area contributed by atoms with Crippen LogP contribution in [0.2, 0.25) is 0 Å².